The number of amides is 1. The Morgan fingerprint density at radius 3 is 2.37 bits per heavy atom. The number of halogens is 1. The zero-order chi connectivity index (χ0) is 21.4. The number of benzene rings is 2. The van der Waals surface area contributed by atoms with Crippen molar-refractivity contribution >= 4 is 51.9 Å². The summed E-state index contributed by atoms with van der Waals surface area (Å²) in [6.45, 7) is 6.65. The van der Waals surface area contributed by atoms with Gasteiger partial charge in [0, 0.05) is 22.1 Å². The number of thiocarbonyl (C=S) groups is 1. The predicted molar refractivity (Wildman–Crippen MR) is 130 cm³/mol. The van der Waals surface area contributed by atoms with Crippen LogP contribution in [0.25, 0.3) is 11.8 Å². The van der Waals surface area contributed by atoms with E-state index in [1.807, 2.05) is 49.4 Å². The smallest absolute Gasteiger partial charge is 0.266 e. The van der Waals surface area contributed by atoms with Crippen LogP contribution in [0, 0.1) is 20.8 Å². The molecule has 30 heavy (non-hydrogen) atoms. The summed E-state index contributed by atoms with van der Waals surface area (Å²) in [4.78, 5) is 15.4. The lowest BCUT2D eigenvalue weighted by Crippen LogP contribution is -2.27. The Morgan fingerprint density at radius 1 is 1.03 bits per heavy atom. The van der Waals surface area contributed by atoms with E-state index in [4.69, 9.17) is 23.8 Å². The molecule has 2 aromatic carbocycles. The van der Waals surface area contributed by atoms with E-state index in [0.717, 1.165) is 28.2 Å². The third kappa shape index (κ3) is 4.10. The average Bonchev–Trinajstić information content (AvgIpc) is 3.14. The number of aromatic nitrogens is 1. The van der Waals surface area contributed by atoms with E-state index in [2.05, 4.69) is 36.6 Å². The molecule has 4 rings (SSSR count). The number of rotatable bonds is 4. The largest absolute Gasteiger partial charge is 0.318 e. The summed E-state index contributed by atoms with van der Waals surface area (Å²) < 4.78 is 2.76. The second-order valence-electron chi connectivity index (χ2n) is 7.39. The Balaban J connectivity index is 1.61. The van der Waals surface area contributed by atoms with Crippen LogP contribution >= 0.6 is 35.6 Å². The van der Waals surface area contributed by atoms with Gasteiger partial charge in [0.1, 0.15) is 4.32 Å². The molecule has 0 aliphatic carbocycles. The molecule has 0 bridgehead atoms. The fourth-order valence-corrected chi connectivity index (χ4v) is 4.95. The third-order valence-corrected chi connectivity index (χ3v) is 6.81. The SMILES string of the molecule is Cc1ccc(CN2C(=O)/C(=C/c3cc(C)n(-c4ccc(Cl)cc4)c3C)SC2=S)cc1. The van der Waals surface area contributed by atoms with Gasteiger partial charge < -0.3 is 4.57 Å². The first kappa shape index (κ1) is 20.9. The van der Waals surface area contributed by atoms with Gasteiger partial charge in [0.25, 0.3) is 5.91 Å². The normalized spacial score (nSPS) is 15.5. The molecular formula is C24H21ClN2OS2. The fourth-order valence-electron chi connectivity index (χ4n) is 3.57. The van der Waals surface area contributed by atoms with Crippen LogP contribution in [0.3, 0.4) is 0 Å². The Hall–Kier alpha value is -2.34. The molecule has 1 aliphatic rings. The van der Waals surface area contributed by atoms with Gasteiger partial charge in [-0.3, -0.25) is 9.69 Å². The Kier molecular flexibility index (Phi) is 5.87. The fraction of sp³-hybridized carbons (Fsp3) is 0.167. The minimum absolute atomic E-state index is 0.0399. The standard InChI is InChI=1S/C24H21ClN2OS2/c1-15-4-6-18(7-5-15)14-26-23(28)22(30-24(26)29)13-19-12-16(2)27(17(19)3)21-10-8-20(25)9-11-21/h4-13H,14H2,1-3H3/b22-13-. The molecule has 0 saturated carbocycles. The predicted octanol–water partition coefficient (Wildman–Crippen LogP) is 6.46. The molecule has 0 N–H and O–H groups in total. The molecule has 3 nitrogen and oxygen atoms in total. The highest BCUT2D eigenvalue weighted by Crippen LogP contribution is 2.35. The van der Waals surface area contributed by atoms with Gasteiger partial charge >= 0.3 is 0 Å². The van der Waals surface area contributed by atoms with Gasteiger partial charge in [-0.05, 0) is 68.3 Å². The summed E-state index contributed by atoms with van der Waals surface area (Å²) in [5.41, 5.74) is 6.48. The molecule has 3 aromatic rings. The number of carbonyl (C=O) groups excluding carboxylic acids is 1. The Morgan fingerprint density at radius 2 is 1.70 bits per heavy atom. The monoisotopic (exact) mass is 452 g/mol. The molecule has 2 heterocycles. The van der Waals surface area contributed by atoms with Gasteiger partial charge in [-0.2, -0.15) is 0 Å². The minimum atomic E-state index is -0.0399. The number of thioether (sulfide) groups is 1. The van der Waals surface area contributed by atoms with Crippen LogP contribution in [0.5, 0.6) is 0 Å². The van der Waals surface area contributed by atoms with Crippen molar-refractivity contribution in [3.8, 4) is 5.69 Å². The van der Waals surface area contributed by atoms with E-state index in [1.54, 1.807) is 4.90 Å². The molecule has 1 saturated heterocycles. The van der Waals surface area contributed by atoms with Crippen LogP contribution in [0.2, 0.25) is 5.02 Å². The zero-order valence-corrected chi connectivity index (χ0v) is 19.4. The first-order valence-electron chi connectivity index (χ1n) is 9.59. The highest BCUT2D eigenvalue weighted by Gasteiger charge is 2.32. The topological polar surface area (TPSA) is 25.2 Å². The van der Waals surface area contributed by atoms with Crippen molar-refractivity contribution in [2.75, 3.05) is 0 Å². The summed E-state index contributed by atoms with van der Waals surface area (Å²) >= 11 is 12.9. The molecule has 1 aliphatic heterocycles. The van der Waals surface area contributed by atoms with Gasteiger partial charge in [0.15, 0.2) is 0 Å². The lowest BCUT2D eigenvalue weighted by atomic mass is 10.1. The van der Waals surface area contributed by atoms with E-state index in [0.29, 0.717) is 20.8 Å². The zero-order valence-electron chi connectivity index (χ0n) is 17.0. The van der Waals surface area contributed by atoms with Crippen molar-refractivity contribution in [2.45, 2.75) is 27.3 Å². The second kappa shape index (κ2) is 8.42. The van der Waals surface area contributed by atoms with E-state index >= 15 is 0 Å². The van der Waals surface area contributed by atoms with Gasteiger partial charge in [-0.15, -0.1) is 0 Å². The second-order valence-corrected chi connectivity index (χ2v) is 9.50. The van der Waals surface area contributed by atoms with E-state index in [1.165, 1.54) is 17.3 Å². The maximum atomic E-state index is 13.0. The Bertz CT molecular complexity index is 1160. The third-order valence-electron chi connectivity index (χ3n) is 5.18. The maximum Gasteiger partial charge on any atom is 0.266 e. The quantitative estimate of drug-likeness (QED) is 0.335. The lowest BCUT2D eigenvalue weighted by molar-refractivity contribution is -0.122. The van der Waals surface area contributed by atoms with E-state index in [-0.39, 0.29) is 5.91 Å². The molecule has 0 spiro atoms. The number of hydrogen-bond donors (Lipinski definition) is 0. The number of carbonyl (C=O) groups is 1. The molecule has 0 radical (unpaired) electrons. The van der Waals surface area contributed by atoms with Crippen LogP contribution in [-0.2, 0) is 11.3 Å². The van der Waals surface area contributed by atoms with Crippen molar-refractivity contribution in [3.05, 3.63) is 92.6 Å². The number of aryl methyl sites for hydroxylation is 2. The van der Waals surface area contributed by atoms with Crippen molar-refractivity contribution in [1.29, 1.82) is 0 Å². The van der Waals surface area contributed by atoms with Crippen molar-refractivity contribution in [2.24, 2.45) is 0 Å². The summed E-state index contributed by atoms with van der Waals surface area (Å²) in [5, 5.41) is 0.707. The molecule has 1 amide bonds. The van der Waals surface area contributed by atoms with Crippen LogP contribution < -0.4 is 0 Å². The summed E-state index contributed by atoms with van der Waals surface area (Å²) in [7, 11) is 0. The minimum Gasteiger partial charge on any atom is -0.318 e. The molecule has 1 fully saturated rings. The molecule has 152 valence electrons. The highest BCUT2D eigenvalue weighted by molar-refractivity contribution is 8.26. The van der Waals surface area contributed by atoms with Crippen molar-refractivity contribution < 1.29 is 4.79 Å². The van der Waals surface area contributed by atoms with Crippen LogP contribution in [0.1, 0.15) is 28.1 Å². The molecule has 1 aromatic heterocycles. The first-order valence-corrected chi connectivity index (χ1v) is 11.2. The number of hydrogen-bond acceptors (Lipinski definition) is 3. The summed E-state index contributed by atoms with van der Waals surface area (Å²) in [5.74, 6) is -0.0399. The Labute approximate surface area is 191 Å². The lowest BCUT2D eigenvalue weighted by Gasteiger charge is -2.14. The van der Waals surface area contributed by atoms with Gasteiger partial charge in [0.05, 0.1) is 11.4 Å². The maximum absolute atomic E-state index is 13.0. The van der Waals surface area contributed by atoms with Crippen LogP contribution in [-0.4, -0.2) is 19.7 Å². The summed E-state index contributed by atoms with van der Waals surface area (Å²) in [6, 6.07) is 18.0. The molecule has 0 unspecified atom stereocenters. The molecular weight excluding hydrogens is 432 g/mol. The first-order chi connectivity index (χ1) is 14.3. The van der Waals surface area contributed by atoms with Crippen LogP contribution in [0.4, 0.5) is 0 Å². The summed E-state index contributed by atoms with van der Waals surface area (Å²) in [6.07, 6.45) is 1.95. The molecule has 6 heteroatoms. The van der Waals surface area contributed by atoms with Crippen LogP contribution in [0.15, 0.2) is 59.5 Å². The van der Waals surface area contributed by atoms with Gasteiger partial charge in [-0.1, -0.05) is 65.4 Å². The van der Waals surface area contributed by atoms with Gasteiger partial charge in [-0.25, -0.2) is 0 Å². The average molecular weight is 453 g/mol. The molecule has 0 atom stereocenters. The highest BCUT2D eigenvalue weighted by atomic mass is 35.5. The number of nitrogens with zero attached hydrogens (tertiary/aromatic N) is 2. The van der Waals surface area contributed by atoms with E-state index in [9.17, 15) is 4.79 Å². The van der Waals surface area contributed by atoms with Crippen molar-refractivity contribution in [1.82, 2.24) is 9.47 Å². The van der Waals surface area contributed by atoms with Gasteiger partial charge in [0.2, 0.25) is 0 Å². The van der Waals surface area contributed by atoms with E-state index < -0.39 is 0 Å². The van der Waals surface area contributed by atoms with Crippen molar-refractivity contribution in [3.63, 3.8) is 0 Å².